The van der Waals surface area contributed by atoms with Crippen molar-refractivity contribution in [2.24, 2.45) is 0 Å². The maximum Gasteiger partial charge on any atom is 0.243 e. The fourth-order valence-electron chi connectivity index (χ4n) is 3.76. The van der Waals surface area contributed by atoms with Gasteiger partial charge in [-0.3, -0.25) is 9.59 Å². The second-order valence-electron chi connectivity index (χ2n) is 8.82. The number of halogens is 4. The van der Waals surface area contributed by atoms with Gasteiger partial charge in [0, 0.05) is 44.9 Å². The summed E-state index contributed by atoms with van der Waals surface area (Å²) in [6.45, 7) is 3.94. The minimum Gasteiger partial charge on any atom is -0.352 e. The van der Waals surface area contributed by atoms with Crippen molar-refractivity contribution in [2.75, 3.05) is 5.75 Å². The van der Waals surface area contributed by atoms with E-state index < -0.39 is 6.04 Å². The van der Waals surface area contributed by atoms with Gasteiger partial charge in [-0.05, 0) is 54.8 Å². The molecule has 3 aromatic rings. The molecule has 4 nitrogen and oxygen atoms in total. The van der Waals surface area contributed by atoms with E-state index in [-0.39, 0.29) is 30.2 Å². The second-order valence-corrected chi connectivity index (χ2v) is 11.5. The zero-order valence-corrected chi connectivity index (χ0v) is 24.4. The highest BCUT2D eigenvalue weighted by molar-refractivity contribution is 7.99. The molecule has 9 heteroatoms. The van der Waals surface area contributed by atoms with E-state index >= 15 is 0 Å². The molecule has 1 N–H and O–H groups in total. The summed E-state index contributed by atoms with van der Waals surface area (Å²) in [5.41, 5.74) is 2.42. The third-order valence-corrected chi connectivity index (χ3v) is 7.83. The Kier molecular flexibility index (Phi) is 11.5. The maximum atomic E-state index is 13.7. The summed E-state index contributed by atoms with van der Waals surface area (Å²) in [6, 6.07) is 19.3. The molecule has 2 amide bonds. The Morgan fingerprint density at radius 3 is 2.19 bits per heavy atom. The van der Waals surface area contributed by atoms with Crippen LogP contribution in [-0.4, -0.2) is 34.6 Å². The molecule has 0 radical (unpaired) electrons. The summed E-state index contributed by atoms with van der Waals surface area (Å²) in [4.78, 5) is 28.7. The fraction of sp³-hybridized carbons (Fsp3) is 0.286. The van der Waals surface area contributed by atoms with Crippen molar-refractivity contribution < 1.29 is 9.59 Å². The average molecular weight is 598 g/mol. The normalized spacial score (nSPS) is 11.9. The molecule has 0 fully saturated rings. The van der Waals surface area contributed by atoms with Crippen LogP contribution >= 0.6 is 58.2 Å². The Labute approximate surface area is 242 Å². The van der Waals surface area contributed by atoms with Gasteiger partial charge in [-0.1, -0.05) is 88.9 Å². The number of amides is 2. The first-order chi connectivity index (χ1) is 17.7. The zero-order valence-electron chi connectivity index (χ0n) is 20.5. The van der Waals surface area contributed by atoms with E-state index in [0.29, 0.717) is 37.8 Å². The van der Waals surface area contributed by atoms with Crippen LogP contribution in [0.25, 0.3) is 0 Å². The molecule has 0 spiro atoms. The highest BCUT2D eigenvalue weighted by atomic mass is 35.5. The summed E-state index contributed by atoms with van der Waals surface area (Å²) in [6.07, 6.45) is 0.358. The predicted molar refractivity (Wildman–Crippen MR) is 157 cm³/mol. The minimum atomic E-state index is -0.742. The average Bonchev–Trinajstić information content (AvgIpc) is 2.84. The number of hydrogen-bond acceptors (Lipinski definition) is 3. The molecule has 0 unspecified atom stereocenters. The predicted octanol–water partition coefficient (Wildman–Crippen LogP) is 7.70. The van der Waals surface area contributed by atoms with Crippen LogP contribution in [-0.2, 0) is 28.3 Å². The third kappa shape index (κ3) is 8.83. The molecular weight excluding hydrogens is 570 g/mol. The SMILES string of the molecule is CC(C)NC(=O)[C@@H](Cc1ccccc1)N(Cc1ccc(Cl)cc1Cl)C(=O)CSCc1c(Cl)cccc1Cl. The lowest BCUT2D eigenvalue weighted by Gasteiger charge is -2.32. The zero-order chi connectivity index (χ0) is 26.9. The topological polar surface area (TPSA) is 49.4 Å². The first kappa shape index (κ1) is 29.7. The molecule has 0 aliphatic heterocycles. The van der Waals surface area contributed by atoms with E-state index in [0.717, 1.165) is 11.1 Å². The molecule has 3 rings (SSSR count). The van der Waals surface area contributed by atoms with Gasteiger partial charge in [0.25, 0.3) is 0 Å². The second kappa shape index (κ2) is 14.3. The molecule has 196 valence electrons. The van der Waals surface area contributed by atoms with E-state index in [1.54, 1.807) is 41.3 Å². The van der Waals surface area contributed by atoms with Gasteiger partial charge < -0.3 is 10.2 Å². The van der Waals surface area contributed by atoms with E-state index in [2.05, 4.69) is 5.32 Å². The van der Waals surface area contributed by atoms with Gasteiger partial charge in [-0.15, -0.1) is 11.8 Å². The lowest BCUT2D eigenvalue weighted by Crippen LogP contribution is -2.52. The Balaban J connectivity index is 1.90. The van der Waals surface area contributed by atoms with Gasteiger partial charge in [0.15, 0.2) is 0 Å². The number of carbonyl (C=O) groups excluding carboxylic acids is 2. The number of carbonyl (C=O) groups is 2. The Morgan fingerprint density at radius 2 is 1.57 bits per heavy atom. The lowest BCUT2D eigenvalue weighted by molar-refractivity contribution is -0.139. The Hall–Kier alpha value is -1.89. The lowest BCUT2D eigenvalue weighted by atomic mass is 10.0. The van der Waals surface area contributed by atoms with Gasteiger partial charge in [0.05, 0.1) is 5.75 Å². The van der Waals surface area contributed by atoms with Crippen molar-refractivity contribution in [3.63, 3.8) is 0 Å². The molecule has 3 aromatic carbocycles. The highest BCUT2D eigenvalue weighted by Crippen LogP contribution is 2.29. The van der Waals surface area contributed by atoms with Crippen molar-refractivity contribution in [2.45, 2.75) is 44.6 Å². The summed E-state index contributed by atoms with van der Waals surface area (Å²) in [7, 11) is 0. The fourth-order valence-corrected chi connectivity index (χ4v) is 5.88. The van der Waals surface area contributed by atoms with Gasteiger partial charge >= 0.3 is 0 Å². The molecular formula is C28H28Cl4N2O2S. The molecule has 0 saturated carbocycles. The molecule has 0 heterocycles. The van der Waals surface area contributed by atoms with Crippen molar-refractivity contribution in [3.05, 3.63) is 104 Å². The molecule has 0 aromatic heterocycles. The quantitative estimate of drug-likeness (QED) is 0.246. The Bertz CT molecular complexity index is 1200. The molecule has 0 aliphatic rings. The Morgan fingerprint density at radius 1 is 0.892 bits per heavy atom. The number of nitrogens with zero attached hydrogens (tertiary/aromatic N) is 1. The van der Waals surface area contributed by atoms with E-state index in [1.807, 2.05) is 44.2 Å². The molecule has 0 saturated heterocycles. The van der Waals surface area contributed by atoms with Gasteiger partial charge in [-0.25, -0.2) is 0 Å². The summed E-state index contributed by atoms with van der Waals surface area (Å²) >= 11 is 26.6. The smallest absolute Gasteiger partial charge is 0.243 e. The maximum absolute atomic E-state index is 13.7. The first-order valence-corrected chi connectivity index (χ1v) is 14.4. The van der Waals surface area contributed by atoms with Gasteiger partial charge in [0.1, 0.15) is 6.04 Å². The van der Waals surface area contributed by atoms with Crippen molar-refractivity contribution in [1.82, 2.24) is 10.2 Å². The van der Waals surface area contributed by atoms with Crippen LogP contribution in [0.5, 0.6) is 0 Å². The van der Waals surface area contributed by atoms with Crippen LogP contribution in [0.1, 0.15) is 30.5 Å². The largest absolute Gasteiger partial charge is 0.352 e. The molecule has 0 bridgehead atoms. The van der Waals surface area contributed by atoms with Crippen molar-refractivity contribution in [3.8, 4) is 0 Å². The summed E-state index contributed by atoms with van der Waals surface area (Å²) in [5.74, 6) is 0.171. The number of rotatable bonds is 11. The molecule has 37 heavy (non-hydrogen) atoms. The van der Waals surface area contributed by atoms with Crippen molar-refractivity contribution >= 4 is 70.0 Å². The van der Waals surface area contributed by atoms with E-state index in [9.17, 15) is 9.59 Å². The molecule has 0 aliphatic carbocycles. The monoisotopic (exact) mass is 596 g/mol. The van der Waals surface area contributed by atoms with Crippen LogP contribution in [0.2, 0.25) is 20.1 Å². The minimum absolute atomic E-state index is 0.0846. The van der Waals surface area contributed by atoms with Gasteiger partial charge in [-0.2, -0.15) is 0 Å². The number of thioether (sulfide) groups is 1. The third-order valence-electron chi connectivity index (χ3n) is 5.59. The van der Waals surface area contributed by atoms with Crippen LogP contribution in [0.3, 0.4) is 0 Å². The summed E-state index contributed by atoms with van der Waals surface area (Å²) in [5, 5.41) is 5.01. The standard InChI is InChI=1S/C28H28Cl4N2O2S/c1-18(2)33-28(36)26(13-19-7-4-3-5-8-19)34(15-20-11-12-21(29)14-25(20)32)27(35)17-37-16-22-23(30)9-6-10-24(22)31/h3-12,14,18,26H,13,15-17H2,1-2H3,(H,33,36)/t26-/m1/s1. The highest BCUT2D eigenvalue weighted by Gasteiger charge is 2.31. The summed E-state index contributed by atoms with van der Waals surface area (Å²) < 4.78 is 0. The van der Waals surface area contributed by atoms with Gasteiger partial charge in [0.2, 0.25) is 11.8 Å². The van der Waals surface area contributed by atoms with Crippen molar-refractivity contribution in [1.29, 1.82) is 0 Å². The number of hydrogen-bond donors (Lipinski definition) is 1. The van der Waals surface area contributed by atoms with Crippen LogP contribution in [0, 0.1) is 0 Å². The van der Waals surface area contributed by atoms with Crippen LogP contribution < -0.4 is 5.32 Å². The van der Waals surface area contributed by atoms with Crippen LogP contribution in [0.4, 0.5) is 0 Å². The number of benzene rings is 3. The first-order valence-electron chi connectivity index (χ1n) is 11.7. The van der Waals surface area contributed by atoms with E-state index in [4.69, 9.17) is 46.4 Å². The molecule has 1 atom stereocenters. The number of nitrogens with one attached hydrogen (secondary N) is 1. The van der Waals surface area contributed by atoms with E-state index in [1.165, 1.54) is 11.8 Å². The van der Waals surface area contributed by atoms with Crippen LogP contribution in [0.15, 0.2) is 66.7 Å².